The van der Waals surface area contributed by atoms with Crippen LogP contribution in [0.3, 0.4) is 0 Å². The molecule has 1 N–H and O–H groups in total. The first-order valence-corrected chi connectivity index (χ1v) is 7.99. The first-order chi connectivity index (χ1) is 11.8. The molecule has 1 aliphatic heterocycles. The number of hydrogen-bond acceptors (Lipinski definition) is 2. The molecule has 1 fully saturated rings. The minimum absolute atomic E-state index is 0.191. The average Bonchev–Trinajstić information content (AvgIpc) is 3.05. The van der Waals surface area contributed by atoms with Crippen LogP contribution in [-0.4, -0.2) is 6.09 Å². The highest BCUT2D eigenvalue weighted by Crippen LogP contribution is 2.37. The van der Waals surface area contributed by atoms with Gasteiger partial charge in [-0.05, 0) is 28.3 Å². The molecule has 118 valence electrons. The van der Waals surface area contributed by atoms with Crippen LogP contribution in [0.25, 0.3) is 11.1 Å². The summed E-state index contributed by atoms with van der Waals surface area (Å²) >= 11 is 0. The third-order valence-corrected chi connectivity index (χ3v) is 4.29. The summed E-state index contributed by atoms with van der Waals surface area (Å²) in [6.07, 6.45) is -0.691. The van der Waals surface area contributed by atoms with Crippen molar-refractivity contribution in [3.63, 3.8) is 0 Å². The van der Waals surface area contributed by atoms with Crippen LogP contribution in [0.2, 0.25) is 0 Å². The molecule has 1 amide bonds. The van der Waals surface area contributed by atoms with Crippen LogP contribution in [0.4, 0.5) is 4.79 Å². The molecule has 0 aromatic heterocycles. The zero-order chi connectivity index (χ0) is 16.4. The first kappa shape index (κ1) is 14.5. The minimum Gasteiger partial charge on any atom is -0.439 e. The maximum Gasteiger partial charge on any atom is 0.408 e. The molecule has 3 heteroatoms. The van der Waals surface area contributed by atoms with Gasteiger partial charge in [0.15, 0.2) is 6.10 Å². The molecule has 3 nitrogen and oxygen atoms in total. The quantitative estimate of drug-likeness (QED) is 0.748. The fourth-order valence-electron chi connectivity index (χ4n) is 3.12. The third kappa shape index (κ3) is 2.76. The van der Waals surface area contributed by atoms with E-state index in [1.165, 1.54) is 0 Å². The molecule has 2 atom stereocenters. The van der Waals surface area contributed by atoms with E-state index in [2.05, 4.69) is 29.6 Å². The van der Waals surface area contributed by atoms with Gasteiger partial charge < -0.3 is 10.1 Å². The number of alkyl carbamates (subject to hydrolysis) is 1. The second kappa shape index (κ2) is 6.20. The maximum absolute atomic E-state index is 11.8. The van der Waals surface area contributed by atoms with E-state index in [0.29, 0.717) is 0 Å². The average molecular weight is 315 g/mol. The van der Waals surface area contributed by atoms with Gasteiger partial charge in [0, 0.05) is 0 Å². The fourth-order valence-corrected chi connectivity index (χ4v) is 3.12. The number of rotatable bonds is 3. The summed E-state index contributed by atoms with van der Waals surface area (Å²) in [5, 5.41) is 2.94. The Balaban J connectivity index is 1.71. The normalized spacial score (nSPS) is 19.6. The predicted molar refractivity (Wildman–Crippen MR) is 93.4 cm³/mol. The molecule has 3 aromatic carbocycles. The van der Waals surface area contributed by atoms with Crippen molar-refractivity contribution in [2.24, 2.45) is 0 Å². The van der Waals surface area contributed by atoms with Crippen LogP contribution in [0, 0.1) is 0 Å². The van der Waals surface area contributed by atoms with E-state index in [1.54, 1.807) is 0 Å². The van der Waals surface area contributed by atoms with Crippen molar-refractivity contribution in [3.8, 4) is 11.1 Å². The van der Waals surface area contributed by atoms with Crippen LogP contribution in [0.15, 0.2) is 84.9 Å². The van der Waals surface area contributed by atoms with E-state index in [-0.39, 0.29) is 18.2 Å². The van der Waals surface area contributed by atoms with Crippen molar-refractivity contribution in [1.82, 2.24) is 5.32 Å². The van der Waals surface area contributed by atoms with Crippen molar-refractivity contribution in [3.05, 3.63) is 96.1 Å². The van der Waals surface area contributed by atoms with Gasteiger partial charge in [-0.2, -0.15) is 0 Å². The first-order valence-electron chi connectivity index (χ1n) is 7.99. The van der Waals surface area contributed by atoms with Gasteiger partial charge in [-0.1, -0.05) is 78.9 Å². The summed E-state index contributed by atoms with van der Waals surface area (Å²) < 4.78 is 5.51. The Kier molecular flexibility index (Phi) is 3.75. The van der Waals surface area contributed by atoms with Crippen LogP contribution in [0.1, 0.15) is 23.3 Å². The molecule has 0 saturated carbocycles. The van der Waals surface area contributed by atoms with Gasteiger partial charge in [-0.15, -0.1) is 0 Å². The van der Waals surface area contributed by atoms with E-state index < -0.39 is 0 Å². The monoisotopic (exact) mass is 315 g/mol. The Morgan fingerprint density at radius 2 is 1.33 bits per heavy atom. The lowest BCUT2D eigenvalue weighted by Gasteiger charge is -2.18. The summed E-state index contributed by atoms with van der Waals surface area (Å²) in [6, 6.07) is 28.1. The number of hydrogen-bond donors (Lipinski definition) is 1. The summed E-state index contributed by atoms with van der Waals surface area (Å²) in [4.78, 5) is 11.8. The summed E-state index contributed by atoms with van der Waals surface area (Å²) in [5.41, 5.74) is 4.31. The standard InChI is InChI=1S/C21H17NO2/c23-21-22-19(20(24-21)16-10-5-2-6-11-16)18-13-7-12-17(14-18)15-8-3-1-4-9-15/h1-14,19-20H,(H,22,23)/t19-,20-/m0/s1. The van der Waals surface area contributed by atoms with E-state index in [9.17, 15) is 4.79 Å². The molecule has 3 aromatic rings. The zero-order valence-corrected chi connectivity index (χ0v) is 13.1. The summed E-state index contributed by atoms with van der Waals surface area (Å²) in [5.74, 6) is 0. The Bertz CT molecular complexity index is 846. The Labute approximate surface area is 140 Å². The lowest BCUT2D eigenvalue weighted by Crippen LogP contribution is -2.19. The van der Waals surface area contributed by atoms with Gasteiger partial charge in [-0.3, -0.25) is 0 Å². The number of benzene rings is 3. The number of nitrogens with one attached hydrogen (secondary N) is 1. The van der Waals surface area contributed by atoms with Gasteiger partial charge in [0.25, 0.3) is 0 Å². The second-order valence-corrected chi connectivity index (χ2v) is 5.85. The molecule has 1 saturated heterocycles. The molecule has 4 rings (SSSR count). The predicted octanol–water partition coefficient (Wildman–Crippen LogP) is 4.88. The summed E-state index contributed by atoms with van der Waals surface area (Å²) in [6.45, 7) is 0. The number of carbonyl (C=O) groups is 1. The third-order valence-electron chi connectivity index (χ3n) is 4.29. The molecule has 0 aliphatic carbocycles. The van der Waals surface area contributed by atoms with Crippen molar-refractivity contribution in [2.45, 2.75) is 12.1 Å². The number of ether oxygens (including phenoxy) is 1. The van der Waals surface area contributed by atoms with Gasteiger partial charge in [0.1, 0.15) is 0 Å². The van der Waals surface area contributed by atoms with E-state index in [4.69, 9.17) is 4.74 Å². The number of amides is 1. The molecule has 24 heavy (non-hydrogen) atoms. The molecular weight excluding hydrogens is 298 g/mol. The minimum atomic E-state index is -0.376. The summed E-state index contributed by atoms with van der Waals surface area (Å²) in [7, 11) is 0. The second-order valence-electron chi connectivity index (χ2n) is 5.85. The van der Waals surface area contributed by atoms with E-state index in [1.807, 2.05) is 60.7 Å². The lowest BCUT2D eigenvalue weighted by molar-refractivity contribution is 0.132. The van der Waals surface area contributed by atoms with Crippen LogP contribution < -0.4 is 5.32 Å². The lowest BCUT2D eigenvalue weighted by atomic mass is 9.94. The van der Waals surface area contributed by atoms with Crippen LogP contribution in [-0.2, 0) is 4.74 Å². The highest BCUT2D eigenvalue weighted by atomic mass is 16.6. The Hall–Kier alpha value is -3.07. The molecule has 1 heterocycles. The number of cyclic esters (lactones) is 1. The van der Waals surface area contributed by atoms with Crippen LogP contribution in [0.5, 0.6) is 0 Å². The van der Waals surface area contributed by atoms with Crippen molar-refractivity contribution >= 4 is 6.09 Å². The highest BCUT2D eigenvalue weighted by molar-refractivity contribution is 5.72. The van der Waals surface area contributed by atoms with Crippen molar-refractivity contribution in [1.29, 1.82) is 0 Å². The van der Waals surface area contributed by atoms with Gasteiger partial charge in [0.05, 0.1) is 6.04 Å². The van der Waals surface area contributed by atoms with Gasteiger partial charge in [-0.25, -0.2) is 4.79 Å². The molecular formula is C21H17NO2. The number of carbonyl (C=O) groups excluding carboxylic acids is 1. The van der Waals surface area contributed by atoms with Gasteiger partial charge >= 0.3 is 6.09 Å². The molecule has 0 radical (unpaired) electrons. The largest absolute Gasteiger partial charge is 0.439 e. The van der Waals surface area contributed by atoms with Crippen molar-refractivity contribution < 1.29 is 9.53 Å². The SMILES string of the molecule is O=C1N[C@@H](c2cccc(-c3ccccc3)c2)[C@H](c2ccccc2)O1. The highest BCUT2D eigenvalue weighted by Gasteiger charge is 2.36. The molecule has 1 aliphatic rings. The van der Waals surface area contributed by atoms with Gasteiger partial charge in [0.2, 0.25) is 0 Å². The topological polar surface area (TPSA) is 38.3 Å². The Morgan fingerprint density at radius 1 is 0.708 bits per heavy atom. The zero-order valence-electron chi connectivity index (χ0n) is 13.1. The van der Waals surface area contributed by atoms with Crippen LogP contribution >= 0.6 is 0 Å². The van der Waals surface area contributed by atoms with Crippen molar-refractivity contribution in [2.75, 3.05) is 0 Å². The smallest absolute Gasteiger partial charge is 0.408 e. The van der Waals surface area contributed by atoms with E-state index in [0.717, 1.165) is 22.3 Å². The Morgan fingerprint density at radius 3 is 2.08 bits per heavy atom. The maximum atomic E-state index is 11.8. The molecule has 0 unspecified atom stereocenters. The molecule has 0 bridgehead atoms. The fraction of sp³-hybridized carbons (Fsp3) is 0.0952. The molecule has 0 spiro atoms. The van der Waals surface area contributed by atoms with E-state index >= 15 is 0 Å².